The lowest BCUT2D eigenvalue weighted by molar-refractivity contribution is -0.147. The number of para-hydroxylation sites is 2. The van der Waals surface area contributed by atoms with Crippen molar-refractivity contribution in [3.8, 4) is 0 Å². The molecule has 0 aliphatic heterocycles. The van der Waals surface area contributed by atoms with Crippen molar-refractivity contribution in [3.05, 3.63) is 30.1 Å². The standard InChI is InChI=1S/C22H29N3OS/c1-27-7-6-19(20-23-17-4-2-3-5-18(17)24-20)25-21(26)22-11-14-8-15(12-22)10-16(9-14)13-22/h2-5,14-16,19H,6-13H2,1H3,(H,23,24)(H,25,26). The van der Waals surface area contributed by atoms with Crippen molar-refractivity contribution >= 4 is 28.7 Å². The molecule has 4 aliphatic rings. The molecule has 6 rings (SSSR count). The SMILES string of the molecule is CSCCC(NC(=O)C12CC3CC(CC(C3)C1)C2)c1nc2ccccc2[nH]1. The van der Waals surface area contributed by atoms with Crippen LogP contribution in [0.2, 0.25) is 0 Å². The number of nitrogens with zero attached hydrogens (tertiary/aromatic N) is 1. The molecular formula is C22H29N3OS. The Balaban J connectivity index is 1.39. The number of H-pyrrole nitrogens is 1. The van der Waals surface area contributed by atoms with Gasteiger partial charge in [0.1, 0.15) is 5.82 Å². The van der Waals surface area contributed by atoms with E-state index in [9.17, 15) is 4.79 Å². The number of aromatic amines is 1. The van der Waals surface area contributed by atoms with Crippen molar-refractivity contribution in [1.82, 2.24) is 15.3 Å². The number of carbonyl (C=O) groups is 1. The predicted molar refractivity (Wildman–Crippen MR) is 111 cm³/mol. The number of nitrogens with one attached hydrogen (secondary N) is 2. The van der Waals surface area contributed by atoms with Crippen LogP contribution in [0.1, 0.15) is 56.8 Å². The molecule has 1 amide bonds. The fourth-order valence-electron chi connectivity index (χ4n) is 6.35. The second-order valence-corrected chi connectivity index (χ2v) is 10.1. The van der Waals surface area contributed by atoms with Crippen LogP contribution >= 0.6 is 11.8 Å². The molecular weight excluding hydrogens is 354 g/mol. The Morgan fingerprint density at radius 1 is 1.22 bits per heavy atom. The largest absolute Gasteiger partial charge is 0.346 e. The summed E-state index contributed by atoms with van der Waals surface area (Å²) in [4.78, 5) is 21.7. The Labute approximate surface area is 165 Å². The van der Waals surface area contributed by atoms with Gasteiger partial charge in [-0.3, -0.25) is 4.79 Å². The van der Waals surface area contributed by atoms with E-state index < -0.39 is 0 Å². The number of hydrogen-bond acceptors (Lipinski definition) is 3. The molecule has 1 aromatic carbocycles. The molecule has 4 nitrogen and oxygen atoms in total. The maximum atomic E-state index is 13.5. The fraction of sp³-hybridized carbons (Fsp3) is 0.636. The fourth-order valence-corrected chi connectivity index (χ4v) is 6.82. The van der Waals surface area contributed by atoms with Gasteiger partial charge in [-0.1, -0.05) is 12.1 Å². The molecule has 2 N–H and O–H groups in total. The maximum absolute atomic E-state index is 13.5. The summed E-state index contributed by atoms with van der Waals surface area (Å²) in [5, 5.41) is 3.44. The average Bonchev–Trinajstić information content (AvgIpc) is 3.08. The third-order valence-corrected chi connectivity index (χ3v) is 7.82. The number of rotatable bonds is 6. The van der Waals surface area contributed by atoms with Gasteiger partial charge in [0.2, 0.25) is 5.91 Å². The molecule has 1 atom stereocenters. The molecule has 5 heteroatoms. The van der Waals surface area contributed by atoms with E-state index in [1.54, 1.807) is 0 Å². The summed E-state index contributed by atoms with van der Waals surface area (Å²) in [6.07, 6.45) is 10.5. The van der Waals surface area contributed by atoms with Crippen molar-refractivity contribution in [1.29, 1.82) is 0 Å². The summed E-state index contributed by atoms with van der Waals surface area (Å²) in [5.41, 5.74) is 1.93. The van der Waals surface area contributed by atoms with Gasteiger partial charge in [-0.25, -0.2) is 4.98 Å². The van der Waals surface area contributed by atoms with Crippen LogP contribution in [0, 0.1) is 23.2 Å². The molecule has 1 aromatic heterocycles. The molecule has 27 heavy (non-hydrogen) atoms. The molecule has 4 saturated carbocycles. The molecule has 144 valence electrons. The van der Waals surface area contributed by atoms with Gasteiger partial charge in [-0.05, 0) is 86.8 Å². The summed E-state index contributed by atoms with van der Waals surface area (Å²) in [6.45, 7) is 0. The summed E-state index contributed by atoms with van der Waals surface area (Å²) < 4.78 is 0. The topological polar surface area (TPSA) is 57.8 Å². The van der Waals surface area contributed by atoms with Crippen LogP contribution < -0.4 is 5.32 Å². The number of carbonyl (C=O) groups excluding carboxylic acids is 1. The second-order valence-electron chi connectivity index (χ2n) is 9.14. The molecule has 1 unspecified atom stereocenters. The van der Waals surface area contributed by atoms with Gasteiger partial charge < -0.3 is 10.3 Å². The van der Waals surface area contributed by atoms with Crippen LogP contribution in [0.3, 0.4) is 0 Å². The van der Waals surface area contributed by atoms with Gasteiger partial charge in [0, 0.05) is 5.41 Å². The van der Waals surface area contributed by atoms with Crippen molar-refractivity contribution < 1.29 is 4.79 Å². The van der Waals surface area contributed by atoms with Gasteiger partial charge in [0.05, 0.1) is 17.1 Å². The number of hydrogen-bond donors (Lipinski definition) is 2. The molecule has 0 saturated heterocycles. The minimum absolute atomic E-state index is 0.0228. The lowest BCUT2D eigenvalue weighted by Crippen LogP contribution is -2.54. The molecule has 0 radical (unpaired) electrons. The number of fused-ring (bicyclic) bond motifs is 1. The number of thioether (sulfide) groups is 1. The average molecular weight is 384 g/mol. The van der Waals surface area contributed by atoms with Crippen LogP contribution in [-0.4, -0.2) is 27.9 Å². The summed E-state index contributed by atoms with van der Waals surface area (Å²) in [5.74, 6) is 4.59. The normalized spacial score (nSPS) is 32.7. The molecule has 1 heterocycles. The van der Waals surface area contributed by atoms with E-state index in [2.05, 4.69) is 22.6 Å². The Hall–Kier alpha value is -1.49. The summed E-state index contributed by atoms with van der Waals surface area (Å²) in [7, 11) is 0. The number of aromatic nitrogens is 2. The Bertz CT molecular complexity index is 777. The third kappa shape index (κ3) is 3.18. The first-order valence-electron chi connectivity index (χ1n) is 10.4. The monoisotopic (exact) mass is 383 g/mol. The number of benzene rings is 1. The van der Waals surface area contributed by atoms with Crippen LogP contribution in [0.5, 0.6) is 0 Å². The zero-order chi connectivity index (χ0) is 18.4. The summed E-state index contributed by atoms with van der Waals surface area (Å²) in [6, 6.07) is 8.10. The predicted octanol–water partition coefficient (Wildman–Crippen LogP) is 4.69. The second kappa shape index (κ2) is 6.84. The first-order chi connectivity index (χ1) is 13.1. The van der Waals surface area contributed by atoms with Gasteiger partial charge in [-0.15, -0.1) is 0 Å². The van der Waals surface area contributed by atoms with Crippen molar-refractivity contribution in [3.63, 3.8) is 0 Å². The van der Waals surface area contributed by atoms with Crippen LogP contribution in [0.4, 0.5) is 0 Å². The zero-order valence-corrected chi connectivity index (χ0v) is 16.9. The Morgan fingerprint density at radius 2 is 1.89 bits per heavy atom. The van der Waals surface area contributed by atoms with Crippen molar-refractivity contribution in [2.24, 2.45) is 23.2 Å². The maximum Gasteiger partial charge on any atom is 0.226 e. The highest BCUT2D eigenvalue weighted by Gasteiger charge is 2.54. The van der Waals surface area contributed by atoms with Crippen molar-refractivity contribution in [2.75, 3.05) is 12.0 Å². The minimum Gasteiger partial charge on any atom is -0.346 e. The van der Waals surface area contributed by atoms with E-state index in [1.807, 2.05) is 30.0 Å². The Morgan fingerprint density at radius 3 is 2.52 bits per heavy atom. The highest BCUT2D eigenvalue weighted by atomic mass is 32.2. The van der Waals surface area contributed by atoms with Crippen molar-refractivity contribution in [2.45, 2.75) is 51.0 Å². The smallest absolute Gasteiger partial charge is 0.226 e. The van der Waals surface area contributed by atoms with Crippen LogP contribution in [-0.2, 0) is 4.79 Å². The zero-order valence-electron chi connectivity index (χ0n) is 16.0. The quantitative estimate of drug-likeness (QED) is 0.761. The Kier molecular flexibility index (Phi) is 4.46. The van der Waals surface area contributed by atoms with E-state index in [0.717, 1.165) is 66.0 Å². The van der Waals surface area contributed by atoms with E-state index in [0.29, 0.717) is 5.91 Å². The lowest BCUT2D eigenvalue weighted by Gasteiger charge is -2.55. The van der Waals surface area contributed by atoms with Crippen LogP contribution in [0.15, 0.2) is 24.3 Å². The van der Waals surface area contributed by atoms with E-state index in [-0.39, 0.29) is 11.5 Å². The third-order valence-electron chi connectivity index (χ3n) is 7.17. The molecule has 4 fully saturated rings. The molecule has 2 aromatic rings. The lowest BCUT2D eigenvalue weighted by atomic mass is 9.49. The number of imidazole rings is 1. The molecule has 4 aliphatic carbocycles. The minimum atomic E-state index is -0.0988. The van der Waals surface area contributed by atoms with Crippen LogP contribution in [0.25, 0.3) is 11.0 Å². The molecule has 4 bridgehead atoms. The summed E-state index contributed by atoms with van der Waals surface area (Å²) >= 11 is 1.83. The van der Waals surface area contributed by atoms with Gasteiger partial charge in [0.25, 0.3) is 0 Å². The van der Waals surface area contributed by atoms with E-state index >= 15 is 0 Å². The van der Waals surface area contributed by atoms with E-state index in [1.165, 1.54) is 19.3 Å². The molecule has 0 spiro atoms. The highest BCUT2D eigenvalue weighted by molar-refractivity contribution is 7.98. The first kappa shape index (κ1) is 17.6. The number of amides is 1. The van der Waals surface area contributed by atoms with Gasteiger partial charge in [-0.2, -0.15) is 11.8 Å². The highest BCUT2D eigenvalue weighted by Crippen LogP contribution is 2.60. The van der Waals surface area contributed by atoms with Gasteiger partial charge >= 0.3 is 0 Å². The van der Waals surface area contributed by atoms with Gasteiger partial charge in [0.15, 0.2) is 0 Å². The van der Waals surface area contributed by atoms with E-state index in [4.69, 9.17) is 4.98 Å². The first-order valence-corrected chi connectivity index (χ1v) is 11.8.